The number of fused-ring (bicyclic) bond motifs is 1. The van der Waals surface area contributed by atoms with Crippen LogP contribution in [0.5, 0.6) is 0 Å². The topological polar surface area (TPSA) is 93.1 Å². The van der Waals surface area contributed by atoms with Gasteiger partial charge in [-0.3, -0.25) is 25.2 Å². The van der Waals surface area contributed by atoms with E-state index in [-0.39, 0.29) is 16.8 Å². The Balaban J connectivity index is 1.70. The zero-order valence-corrected chi connectivity index (χ0v) is 15.5. The first-order chi connectivity index (χ1) is 14.6. The van der Waals surface area contributed by atoms with Crippen molar-refractivity contribution in [2.75, 3.05) is 0 Å². The van der Waals surface area contributed by atoms with Crippen molar-refractivity contribution >= 4 is 22.6 Å². The lowest BCUT2D eigenvalue weighted by atomic mass is 10.1. The molecule has 0 radical (unpaired) electrons. The summed E-state index contributed by atoms with van der Waals surface area (Å²) in [5, 5.41) is 4.83. The second kappa shape index (κ2) is 7.96. The Hall–Kier alpha value is -4.33. The molecule has 148 valence electrons. The van der Waals surface area contributed by atoms with Gasteiger partial charge < -0.3 is 0 Å². The summed E-state index contributed by atoms with van der Waals surface area (Å²) in [5.41, 5.74) is 4.22. The smallest absolute Gasteiger partial charge is 0.267 e. The summed E-state index contributed by atoms with van der Waals surface area (Å²) in [6.07, 6.45) is 0. The normalized spacial score (nSPS) is 10.6. The van der Waals surface area contributed by atoms with E-state index < -0.39 is 17.6 Å². The minimum absolute atomic E-state index is 0.0668. The molecule has 4 aromatic rings. The van der Waals surface area contributed by atoms with Gasteiger partial charge in [-0.2, -0.15) is 9.78 Å². The Labute approximate surface area is 169 Å². The van der Waals surface area contributed by atoms with E-state index in [1.807, 2.05) is 0 Å². The fourth-order valence-corrected chi connectivity index (χ4v) is 2.99. The van der Waals surface area contributed by atoms with Crippen LogP contribution in [0.1, 0.15) is 20.8 Å². The molecule has 0 saturated heterocycles. The van der Waals surface area contributed by atoms with Crippen LogP contribution in [0.4, 0.5) is 4.39 Å². The first-order valence-corrected chi connectivity index (χ1v) is 8.99. The molecule has 0 bridgehead atoms. The molecule has 1 aromatic heterocycles. The highest BCUT2D eigenvalue weighted by Gasteiger charge is 2.19. The number of halogens is 1. The molecule has 2 amide bonds. The SMILES string of the molecule is O=C(NNC(=O)c1nn(-c2ccccc2)c(=O)c2ccccc12)c1ccccc1F. The molecule has 8 heteroatoms. The summed E-state index contributed by atoms with van der Waals surface area (Å²) >= 11 is 0. The quantitative estimate of drug-likeness (QED) is 0.515. The number of carbonyl (C=O) groups excluding carboxylic acids is 2. The van der Waals surface area contributed by atoms with E-state index in [2.05, 4.69) is 16.0 Å². The van der Waals surface area contributed by atoms with Crippen LogP contribution in [-0.2, 0) is 0 Å². The number of rotatable bonds is 3. The van der Waals surface area contributed by atoms with Crippen LogP contribution in [0.15, 0.2) is 83.7 Å². The molecule has 0 saturated carbocycles. The van der Waals surface area contributed by atoms with E-state index in [0.29, 0.717) is 16.5 Å². The van der Waals surface area contributed by atoms with Gasteiger partial charge in [-0.25, -0.2) is 4.39 Å². The molecule has 7 nitrogen and oxygen atoms in total. The highest BCUT2D eigenvalue weighted by Crippen LogP contribution is 2.15. The second-order valence-corrected chi connectivity index (χ2v) is 6.33. The van der Waals surface area contributed by atoms with Crippen molar-refractivity contribution in [3.63, 3.8) is 0 Å². The summed E-state index contributed by atoms with van der Waals surface area (Å²) in [6.45, 7) is 0. The Bertz CT molecular complexity index is 1320. The van der Waals surface area contributed by atoms with Crippen molar-refractivity contribution in [2.45, 2.75) is 0 Å². The van der Waals surface area contributed by atoms with Crippen LogP contribution in [0.2, 0.25) is 0 Å². The van der Waals surface area contributed by atoms with Crippen LogP contribution in [0, 0.1) is 5.82 Å². The number of nitrogens with one attached hydrogen (secondary N) is 2. The number of hydrogen-bond acceptors (Lipinski definition) is 4. The zero-order chi connectivity index (χ0) is 21.1. The average Bonchev–Trinajstić information content (AvgIpc) is 2.78. The third kappa shape index (κ3) is 3.53. The molecular formula is C22H15FN4O3. The molecular weight excluding hydrogens is 387 g/mol. The lowest BCUT2D eigenvalue weighted by molar-refractivity contribution is 0.0841. The molecule has 0 unspecified atom stereocenters. The predicted molar refractivity (Wildman–Crippen MR) is 109 cm³/mol. The highest BCUT2D eigenvalue weighted by molar-refractivity contribution is 6.06. The van der Waals surface area contributed by atoms with Crippen molar-refractivity contribution in [2.24, 2.45) is 0 Å². The first-order valence-electron chi connectivity index (χ1n) is 8.99. The lowest BCUT2D eigenvalue weighted by Crippen LogP contribution is -2.43. The highest BCUT2D eigenvalue weighted by atomic mass is 19.1. The van der Waals surface area contributed by atoms with E-state index in [1.54, 1.807) is 54.6 Å². The zero-order valence-electron chi connectivity index (χ0n) is 15.5. The lowest BCUT2D eigenvalue weighted by Gasteiger charge is -2.12. The maximum absolute atomic E-state index is 13.8. The Kier molecular flexibility index (Phi) is 5.04. The number of amides is 2. The maximum Gasteiger partial charge on any atom is 0.290 e. The molecule has 0 aliphatic rings. The van der Waals surface area contributed by atoms with Gasteiger partial charge in [-0.05, 0) is 30.3 Å². The monoisotopic (exact) mass is 402 g/mol. The van der Waals surface area contributed by atoms with Gasteiger partial charge in [0.2, 0.25) is 0 Å². The second-order valence-electron chi connectivity index (χ2n) is 6.33. The van der Waals surface area contributed by atoms with Gasteiger partial charge in [-0.1, -0.05) is 48.5 Å². The summed E-state index contributed by atoms with van der Waals surface area (Å²) in [5.74, 6) is -2.28. The third-order valence-corrected chi connectivity index (χ3v) is 4.43. The van der Waals surface area contributed by atoms with Gasteiger partial charge in [0.25, 0.3) is 17.4 Å². The van der Waals surface area contributed by atoms with E-state index in [9.17, 15) is 18.8 Å². The molecule has 0 aliphatic heterocycles. The molecule has 0 aliphatic carbocycles. The standard InChI is InChI=1S/C22H15FN4O3/c23-18-13-7-6-12-17(18)20(28)24-25-21(29)19-15-10-4-5-11-16(15)22(30)27(26-19)14-8-2-1-3-9-14/h1-13H,(H,24,28)(H,25,29). The molecule has 4 rings (SSSR count). The summed E-state index contributed by atoms with van der Waals surface area (Å²) in [4.78, 5) is 37.8. The molecule has 30 heavy (non-hydrogen) atoms. The van der Waals surface area contributed by atoms with Crippen LogP contribution in [-0.4, -0.2) is 21.6 Å². The molecule has 0 atom stereocenters. The van der Waals surface area contributed by atoms with Gasteiger partial charge in [0.05, 0.1) is 16.6 Å². The number of para-hydroxylation sites is 1. The number of nitrogens with zero attached hydrogens (tertiary/aromatic N) is 2. The van der Waals surface area contributed by atoms with Crippen molar-refractivity contribution in [3.8, 4) is 5.69 Å². The molecule has 0 spiro atoms. The first kappa shape index (κ1) is 19.0. The number of aromatic nitrogens is 2. The minimum atomic E-state index is -0.817. The number of hydrazine groups is 1. The van der Waals surface area contributed by atoms with E-state index in [4.69, 9.17) is 0 Å². The van der Waals surface area contributed by atoms with Gasteiger partial charge in [0, 0.05) is 5.39 Å². The van der Waals surface area contributed by atoms with E-state index >= 15 is 0 Å². The van der Waals surface area contributed by atoms with Crippen molar-refractivity contribution in [3.05, 3.63) is 106 Å². The summed E-state index contributed by atoms with van der Waals surface area (Å²) in [6, 6.07) is 20.6. The van der Waals surface area contributed by atoms with Gasteiger partial charge >= 0.3 is 0 Å². The van der Waals surface area contributed by atoms with Crippen LogP contribution in [0.3, 0.4) is 0 Å². The van der Waals surface area contributed by atoms with E-state index in [1.165, 1.54) is 18.2 Å². The minimum Gasteiger partial charge on any atom is -0.267 e. The Morgan fingerprint density at radius 2 is 1.37 bits per heavy atom. The fourth-order valence-electron chi connectivity index (χ4n) is 2.99. The number of carbonyl (C=O) groups is 2. The van der Waals surface area contributed by atoms with Crippen LogP contribution >= 0.6 is 0 Å². The number of benzene rings is 3. The van der Waals surface area contributed by atoms with Gasteiger partial charge in [0.15, 0.2) is 5.69 Å². The fraction of sp³-hybridized carbons (Fsp3) is 0. The maximum atomic E-state index is 13.8. The molecule has 3 aromatic carbocycles. The molecule has 1 heterocycles. The Morgan fingerprint density at radius 1 is 0.767 bits per heavy atom. The molecule has 2 N–H and O–H groups in total. The predicted octanol–water partition coefficient (Wildman–Crippen LogP) is 2.60. The van der Waals surface area contributed by atoms with Crippen molar-refractivity contribution in [1.82, 2.24) is 20.6 Å². The van der Waals surface area contributed by atoms with Gasteiger partial charge in [0.1, 0.15) is 5.82 Å². The van der Waals surface area contributed by atoms with E-state index in [0.717, 1.165) is 10.7 Å². The average molecular weight is 402 g/mol. The van der Waals surface area contributed by atoms with Crippen LogP contribution < -0.4 is 16.4 Å². The number of hydrogen-bond donors (Lipinski definition) is 2. The third-order valence-electron chi connectivity index (χ3n) is 4.43. The largest absolute Gasteiger partial charge is 0.290 e. The van der Waals surface area contributed by atoms with Crippen LogP contribution in [0.25, 0.3) is 16.5 Å². The van der Waals surface area contributed by atoms with Crippen molar-refractivity contribution in [1.29, 1.82) is 0 Å². The Morgan fingerprint density at radius 3 is 2.10 bits per heavy atom. The van der Waals surface area contributed by atoms with Crippen molar-refractivity contribution < 1.29 is 14.0 Å². The summed E-state index contributed by atoms with van der Waals surface area (Å²) < 4.78 is 14.9. The summed E-state index contributed by atoms with van der Waals surface area (Å²) in [7, 11) is 0. The van der Waals surface area contributed by atoms with Gasteiger partial charge in [-0.15, -0.1) is 0 Å². The molecule has 0 fully saturated rings.